The normalized spacial score (nSPS) is 12.2. The first-order chi connectivity index (χ1) is 18.0. The van der Waals surface area contributed by atoms with Crippen LogP contribution in [0.4, 0.5) is 5.69 Å². The molecule has 0 aliphatic carbocycles. The van der Waals surface area contributed by atoms with Crippen LogP contribution in [0.3, 0.4) is 0 Å². The largest absolute Gasteiger partial charge is 0.352 e. The van der Waals surface area contributed by atoms with E-state index in [1.165, 1.54) is 29.2 Å². The van der Waals surface area contributed by atoms with Gasteiger partial charge in [0.25, 0.3) is 10.0 Å². The van der Waals surface area contributed by atoms with Gasteiger partial charge in [0.2, 0.25) is 11.8 Å². The predicted molar refractivity (Wildman–Crippen MR) is 152 cm³/mol. The fourth-order valence-corrected chi connectivity index (χ4v) is 5.67. The van der Waals surface area contributed by atoms with E-state index in [9.17, 15) is 18.0 Å². The quantitative estimate of drug-likeness (QED) is 0.367. The third-order valence-electron chi connectivity index (χ3n) is 6.15. The molecule has 3 aromatic carbocycles. The van der Waals surface area contributed by atoms with Crippen molar-refractivity contribution >= 4 is 39.1 Å². The number of hydrogen-bond acceptors (Lipinski definition) is 4. The van der Waals surface area contributed by atoms with E-state index in [1.807, 2.05) is 44.2 Å². The fourth-order valence-electron chi connectivity index (χ4n) is 4.07. The van der Waals surface area contributed by atoms with Crippen molar-refractivity contribution in [1.29, 1.82) is 0 Å². The van der Waals surface area contributed by atoms with E-state index in [2.05, 4.69) is 5.32 Å². The molecule has 1 atom stereocenters. The highest BCUT2D eigenvalue weighted by Gasteiger charge is 2.33. The number of hydrogen-bond donors (Lipinski definition) is 1. The van der Waals surface area contributed by atoms with Gasteiger partial charge in [-0.3, -0.25) is 13.9 Å². The van der Waals surface area contributed by atoms with Crippen LogP contribution in [0, 0.1) is 6.92 Å². The number of carbonyl (C=O) groups is 2. The lowest BCUT2D eigenvalue weighted by atomic mass is 10.1. The average Bonchev–Trinajstić information content (AvgIpc) is 2.88. The van der Waals surface area contributed by atoms with Crippen LogP contribution in [0.25, 0.3) is 0 Å². The zero-order valence-corrected chi connectivity index (χ0v) is 23.7. The molecule has 0 aromatic heterocycles. The number of anilines is 1. The second kappa shape index (κ2) is 12.9. The van der Waals surface area contributed by atoms with Gasteiger partial charge >= 0.3 is 0 Å². The molecule has 1 unspecified atom stereocenters. The van der Waals surface area contributed by atoms with Gasteiger partial charge in [-0.15, -0.1) is 0 Å². The third kappa shape index (κ3) is 7.36. The molecule has 0 aliphatic heterocycles. The van der Waals surface area contributed by atoms with E-state index in [0.29, 0.717) is 22.7 Å². The number of aryl methyl sites for hydroxylation is 1. The van der Waals surface area contributed by atoms with Crippen LogP contribution >= 0.6 is 11.6 Å². The van der Waals surface area contributed by atoms with Gasteiger partial charge in [-0.2, -0.15) is 0 Å². The maximum atomic E-state index is 13.8. The SMILES string of the molecule is Cc1ccccc1N(CC(=O)N(CCc1ccccc1)C(C)C(=O)NC(C)C)S(=O)(=O)c1ccc(Cl)cc1. The predicted octanol–water partition coefficient (Wildman–Crippen LogP) is 4.83. The Balaban J connectivity index is 1.99. The lowest BCUT2D eigenvalue weighted by molar-refractivity contribution is -0.139. The molecule has 0 spiro atoms. The lowest BCUT2D eigenvalue weighted by Crippen LogP contribution is -2.53. The van der Waals surface area contributed by atoms with Crippen LogP contribution in [-0.4, -0.2) is 50.3 Å². The van der Waals surface area contributed by atoms with Gasteiger partial charge in [0.1, 0.15) is 12.6 Å². The van der Waals surface area contributed by atoms with E-state index < -0.39 is 28.5 Å². The van der Waals surface area contributed by atoms with E-state index in [0.717, 1.165) is 9.87 Å². The Kier molecular flexibility index (Phi) is 9.94. The van der Waals surface area contributed by atoms with Crippen LogP contribution in [0.2, 0.25) is 5.02 Å². The van der Waals surface area contributed by atoms with Gasteiger partial charge in [-0.1, -0.05) is 60.1 Å². The first-order valence-corrected chi connectivity index (χ1v) is 14.3. The Morgan fingerprint density at radius 2 is 1.50 bits per heavy atom. The molecule has 0 radical (unpaired) electrons. The molecule has 3 aromatic rings. The molecule has 0 saturated carbocycles. The Labute approximate surface area is 230 Å². The Morgan fingerprint density at radius 1 is 0.895 bits per heavy atom. The minimum Gasteiger partial charge on any atom is -0.352 e. The summed E-state index contributed by atoms with van der Waals surface area (Å²) in [6.07, 6.45) is 0.514. The second-order valence-corrected chi connectivity index (χ2v) is 11.7. The van der Waals surface area contributed by atoms with E-state index in [1.54, 1.807) is 38.1 Å². The number of carbonyl (C=O) groups excluding carboxylic acids is 2. The van der Waals surface area contributed by atoms with Crippen molar-refractivity contribution in [1.82, 2.24) is 10.2 Å². The molecule has 38 heavy (non-hydrogen) atoms. The third-order valence-corrected chi connectivity index (χ3v) is 8.17. The Hall–Kier alpha value is -3.36. The number of para-hydroxylation sites is 1. The average molecular weight is 556 g/mol. The van der Waals surface area contributed by atoms with Crippen LogP contribution in [0.15, 0.2) is 83.8 Å². The number of nitrogens with one attached hydrogen (secondary N) is 1. The molecule has 0 aliphatic rings. The molecule has 7 nitrogen and oxygen atoms in total. The second-order valence-electron chi connectivity index (χ2n) is 9.41. The number of rotatable bonds is 11. The summed E-state index contributed by atoms with van der Waals surface area (Å²) >= 11 is 5.99. The number of nitrogens with zero attached hydrogens (tertiary/aromatic N) is 2. The van der Waals surface area contributed by atoms with Gasteiger partial charge in [-0.05, 0) is 75.6 Å². The van der Waals surface area contributed by atoms with Gasteiger partial charge < -0.3 is 10.2 Å². The minimum atomic E-state index is -4.13. The van der Waals surface area contributed by atoms with Crippen LogP contribution in [0.1, 0.15) is 31.9 Å². The Morgan fingerprint density at radius 3 is 2.11 bits per heavy atom. The number of amides is 2. The van der Waals surface area contributed by atoms with Crippen molar-refractivity contribution in [2.45, 2.75) is 51.1 Å². The molecular weight excluding hydrogens is 522 g/mol. The smallest absolute Gasteiger partial charge is 0.264 e. The topological polar surface area (TPSA) is 86.8 Å². The van der Waals surface area contributed by atoms with Gasteiger partial charge in [0.05, 0.1) is 10.6 Å². The zero-order chi connectivity index (χ0) is 27.9. The molecular formula is C29H34ClN3O4S. The van der Waals surface area contributed by atoms with Crippen LogP contribution < -0.4 is 9.62 Å². The highest BCUT2D eigenvalue weighted by atomic mass is 35.5. The van der Waals surface area contributed by atoms with Crippen molar-refractivity contribution in [2.75, 3.05) is 17.4 Å². The summed E-state index contributed by atoms with van der Waals surface area (Å²) in [7, 11) is -4.13. The maximum Gasteiger partial charge on any atom is 0.264 e. The zero-order valence-electron chi connectivity index (χ0n) is 22.1. The molecule has 2 amide bonds. The van der Waals surface area contributed by atoms with Crippen molar-refractivity contribution in [3.8, 4) is 0 Å². The summed E-state index contributed by atoms with van der Waals surface area (Å²) in [5, 5.41) is 3.26. The molecule has 9 heteroatoms. The maximum absolute atomic E-state index is 13.8. The monoisotopic (exact) mass is 555 g/mol. The molecule has 0 fully saturated rings. The van der Waals surface area contributed by atoms with Crippen molar-refractivity contribution in [2.24, 2.45) is 0 Å². The number of halogens is 1. The van der Waals surface area contributed by atoms with E-state index in [4.69, 9.17) is 11.6 Å². The minimum absolute atomic E-state index is 0.0133. The van der Waals surface area contributed by atoms with E-state index >= 15 is 0 Å². The van der Waals surface area contributed by atoms with Crippen molar-refractivity contribution in [3.05, 3.63) is 95.0 Å². The molecule has 202 valence electrons. The highest BCUT2D eigenvalue weighted by Crippen LogP contribution is 2.28. The molecule has 0 heterocycles. The molecule has 3 rings (SSSR count). The number of sulfonamides is 1. The first-order valence-electron chi connectivity index (χ1n) is 12.5. The summed E-state index contributed by atoms with van der Waals surface area (Å²) in [4.78, 5) is 28.2. The summed E-state index contributed by atoms with van der Waals surface area (Å²) in [6.45, 7) is 6.92. The van der Waals surface area contributed by atoms with Crippen LogP contribution in [-0.2, 0) is 26.0 Å². The summed E-state index contributed by atoms with van der Waals surface area (Å²) in [5.41, 5.74) is 2.09. The van der Waals surface area contributed by atoms with Crippen LogP contribution in [0.5, 0.6) is 0 Å². The standard InChI is InChI=1S/C29H34ClN3O4S/c1-21(2)31-29(35)23(4)32(19-18-24-11-6-5-7-12-24)28(34)20-33(27-13-9-8-10-22(27)3)38(36,37)26-16-14-25(30)15-17-26/h5-17,21,23H,18-20H2,1-4H3,(H,31,35). The van der Waals surface area contributed by atoms with Gasteiger partial charge in [0.15, 0.2) is 0 Å². The van der Waals surface area contributed by atoms with Gasteiger partial charge in [0, 0.05) is 17.6 Å². The van der Waals surface area contributed by atoms with E-state index in [-0.39, 0.29) is 23.4 Å². The van der Waals surface area contributed by atoms with Crippen molar-refractivity contribution < 1.29 is 18.0 Å². The summed E-state index contributed by atoms with van der Waals surface area (Å²) in [5.74, 6) is -0.780. The highest BCUT2D eigenvalue weighted by molar-refractivity contribution is 7.92. The molecule has 0 bridgehead atoms. The fraction of sp³-hybridized carbons (Fsp3) is 0.310. The molecule has 1 N–H and O–H groups in total. The number of benzene rings is 3. The van der Waals surface area contributed by atoms with Crippen molar-refractivity contribution in [3.63, 3.8) is 0 Å². The lowest BCUT2D eigenvalue weighted by Gasteiger charge is -2.32. The summed E-state index contributed by atoms with van der Waals surface area (Å²) in [6, 6.07) is 21.5. The first kappa shape index (κ1) is 29.2. The Bertz CT molecular complexity index is 1350. The van der Waals surface area contributed by atoms with Gasteiger partial charge in [-0.25, -0.2) is 8.42 Å². The molecule has 0 saturated heterocycles. The summed E-state index contributed by atoms with van der Waals surface area (Å²) < 4.78 is 28.7.